The Hall–Kier alpha value is -1.76. The summed E-state index contributed by atoms with van der Waals surface area (Å²) in [6.07, 6.45) is 1.41. The molecule has 0 unspecified atom stereocenters. The summed E-state index contributed by atoms with van der Waals surface area (Å²) >= 11 is 0. The van der Waals surface area contributed by atoms with Gasteiger partial charge >= 0.3 is 5.69 Å². The van der Waals surface area contributed by atoms with Crippen LogP contribution in [0.15, 0.2) is 15.8 Å². The number of nitrogens with zero attached hydrogens (tertiary/aromatic N) is 1. The first kappa shape index (κ1) is 12.2. The molecular formula is C10H14N2O2. The molecule has 4 heteroatoms. The van der Waals surface area contributed by atoms with Gasteiger partial charge in [-0.05, 0) is 6.92 Å². The Bertz CT molecular complexity index is 457. The largest absolute Gasteiger partial charge is 0.328 e. The van der Waals surface area contributed by atoms with Gasteiger partial charge < -0.3 is 4.57 Å². The number of hydrogen-bond acceptors (Lipinski definition) is 2. The van der Waals surface area contributed by atoms with Gasteiger partial charge in [0, 0.05) is 13.2 Å². The van der Waals surface area contributed by atoms with Crippen LogP contribution in [0.3, 0.4) is 0 Å². The third kappa shape index (κ3) is 2.94. The van der Waals surface area contributed by atoms with Crippen LogP contribution in [0.25, 0.3) is 0 Å². The Balaban J connectivity index is 0.000000791. The lowest BCUT2D eigenvalue weighted by Gasteiger charge is -1.94. The van der Waals surface area contributed by atoms with Gasteiger partial charge in [0.25, 0.3) is 5.56 Å². The Morgan fingerprint density at radius 3 is 2.43 bits per heavy atom. The molecule has 1 heterocycles. The molecule has 1 aromatic heterocycles. The molecule has 1 aromatic rings. The summed E-state index contributed by atoms with van der Waals surface area (Å²) in [5, 5.41) is 0. The summed E-state index contributed by atoms with van der Waals surface area (Å²) in [5.41, 5.74) is -0.561. The Kier molecular flexibility index (Phi) is 5.08. The monoisotopic (exact) mass is 194 g/mol. The Morgan fingerprint density at radius 1 is 1.36 bits per heavy atom. The molecule has 14 heavy (non-hydrogen) atoms. The predicted molar refractivity (Wildman–Crippen MR) is 56.2 cm³/mol. The predicted octanol–water partition coefficient (Wildman–Crippen LogP) is 0.471. The Morgan fingerprint density at radius 2 is 1.93 bits per heavy atom. The van der Waals surface area contributed by atoms with Gasteiger partial charge in [0.2, 0.25) is 0 Å². The van der Waals surface area contributed by atoms with E-state index < -0.39 is 11.2 Å². The van der Waals surface area contributed by atoms with Crippen LogP contribution in [-0.2, 0) is 7.05 Å². The van der Waals surface area contributed by atoms with Gasteiger partial charge in [-0.3, -0.25) is 9.78 Å². The van der Waals surface area contributed by atoms with Gasteiger partial charge in [0.05, 0.1) is 0 Å². The summed E-state index contributed by atoms with van der Waals surface area (Å²) in [4.78, 5) is 24.0. The summed E-state index contributed by atoms with van der Waals surface area (Å²) in [6, 6.07) is 0. The van der Waals surface area contributed by atoms with E-state index in [4.69, 9.17) is 0 Å². The minimum absolute atomic E-state index is 0.305. The van der Waals surface area contributed by atoms with Crippen LogP contribution in [0.4, 0.5) is 0 Å². The fourth-order valence-corrected chi connectivity index (χ4v) is 0.787. The fraction of sp³-hybridized carbons (Fsp3) is 0.400. The first-order valence-electron chi connectivity index (χ1n) is 4.38. The van der Waals surface area contributed by atoms with E-state index in [0.717, 1.165) is 0 Å². The standard InChI is InChI=1S/C8H8N2O2.C2H6/c1-3-4-6-5-10(2)8(12)9-7(6)11;1-2/h5H,1-2H3,(H,9,11,12);1-2H3. The van der Waals surface area contributed by atoms with E-state index >= 15 is 0 Å². The normalized spacial score (nSPS) is 8.00. The van der Waals surface area contributed by atoms with Gasteiger partial charge in [-0.15, -0.1) is 5.92 Å². The highest BCUT2D eigenvalue weighted by Gasteiger charge is 1.97. The molecule has 0 fully saturated rings. The number of aromatic amines is 1. The maximum absolute atomic E-state index is 11.0. The topological polar surface area (TPSA) is 54.9 Å². The number of aromatic nitrogens is 2. The van der Waals surface area contributed by atoms with Gasteiger partial charge in [0.15, 0.2) is 0 Å². The minimum Gasteiger partial charge on any atom is -0.302 e. The number of nitrogens with one attached hydrogen (secondary N) is 1. The molecule has 0 aliphatic heterocycles. The van der Waals surface area contributed by atoms with Crippen molar-refractivity contribution in [2.45, 2.75) is 20.8 Å². The van der Waals surface area contributed by atoms with Crippen LogP contribution >= 0.6 is 0 Å². The molecule has 1 N–H and O–H groups in total. The van der Waals surface area contributed by atoms with Gasteiger partial charge in [-0.25, -0.2) is 4.79 Å². The molecule has 1 rings (SSSR count). The van der Waals surface area contributed by atoms with Gasteiger partial charge in [-0.1, -0.05) is 19.8 Å². The second-order valence-corrected chi connectivity index (χ2v) is 2.29. The molecule has 0 saturated heterocycles. The lowest BCUT2D eigenvalue weighted by Crippen LogP contribution is -2.29. The molecule has 76 valence electrons. The molecule has 0 bridgehead atoms. The number of H-pyrrole nitrogens is 1. The van der Waals surface area contributed by atoms with Gasteiger partial charge in [-0.2, -0.15) is 0 Å². The summed E-state index contributed by atoms with van der Waals surface area (Å²) < 4.78 is 1.28. The van der Waals surface area contributed by atoms with Crippen molar-refractivity contribution >= 4 is 0 Å². The van der Waals surface area contributed by atoms with E-state index in [1.54, 1.807) is 14.0 Å². The molecule has 0 spiro atoms. The highest BCUT2D eigenvalue weighted by Crippen LogP contribution is 1.80. The molecule has 4 nitrogen and oxygen atoms in total. The number of aryl methyl sites for hydroxylation is 1. The third-order valence-corrected chi connectivity index (χ3v) is 1.37. The lowest BCUT2D eigenvalue weighted by molar-refractivity contribution is 0.795. The van der Waals surface area contributed by atoms with Crippen LogP contribution < -0.4 is 11.2 Å². The maximum Gasteiger partial charge on any atom is 0.328 e. The van der Waals surface area contributed by atoms with Crippen molar-refractivity contribution in [1.82, 2.24) is 9.55 Å². The molecule has 0 radical (unpaired) electrons. The van der Waals surface area contributed by atoms with Crippen LogP contribution in [0.5, 0.6) is 0 Å². The van der Waals surface area contributed by atoms with E-state index in [9.17, 15) is 9.59 Å². The number of hydrogen-bond donors (Lipinski definition) is 1. The molecule has 0 aliphatic rings. The van der Waals surface area contributed by atoms with E-state index in [0.29, 0.717) is 5.56 Å². The van der Waals surface area contributed by atoms with E-state index in [1.807, 2.05) is 13.8 Å². The molecular weight excluding hydrogens is 180 g/mol. The zero-order chi connectivity index (χ0) is 11.1. The second-order valence-electron chi connectivity index (χ2n) is 2.29. The smallest absolute Gasteiger partial charge is 0.302 e. The highest BCUT2D eigenvalue weighted by atomic mass is 16.2. The SMILES string of the molecule is CC.CC#Cc1cn(C)c(=O)[nH]c1=O. The van der Waals surface area contributed by atoms with Crippen LogP contribution in [-0.4, -0.2) is 9.55 Å². The van der Waals surface area contributed by atoms with E-state index in [-0.39, 0.29) is 0 Å². The van der Waals surface area contributed by atoms with Gasteiger partial charge in [0.1, 0.15) is 5.56 Å². The first-order valence-corrected chi connectivity index (χ1v) is 4.38. The van der Waals surface area contributed by atoms with Crippen molar-refractivity contribution in [3.63, 3.8) is 0 Å². The van der Waals surface area contributed by atoms with Crippen molar-refractivity contribution in [3.05, 3.63) is 32.6 Å². The minimum atomic E-state index is -0.438. The zero-order valence-corrected chi connectivity index (χ0v) is 8.84. The molecule has 0 aliphatic carbocycles. The third-order valence-electron chi connectivity index (χ3n) is 1.37. The average molecular weight is 194 g/mol. The lowest BCUT2D eigenvalue weighted by atomic mass is 10.3. The van der Waals surface area contributed by atoms with Crippen molar-refractivity contribution in [2.24, 2.45) is 7.05 Å². The first-order chi connectivity index (χ1) is 6.65. The van der Waals surface area contributed by atoms with Crippen molar-refractivity contribution in [1.29, 1.82) is 0 Å². The summed E-state index contributed by atoms with van der Waals surface area (Å²) in [6.45, 7) is 5.63. The van der Waals surface area contributed by atoms with Crippen molar-refractivity contribution in [3.8, 4) is 11.8 Å². The van der Waals surface area contributed by atoms with Crippen molar-refractivity contribution < 1.29 is 0 Å². The van der Waals surface area contributed by atoms with Crippen molar-refractivity contribution in [2.75, 3.05) is 0 Å². The Labute approximate surface area is 82.6 Å². The summed E-state index contributed by atoms with van der Waals surface area (Å²) in [5.74, 6) is 5.18. The second kappa shape index (κ2) is 5.81. The molecule has 0 aromatic carbocycles. The van der Waals surface area contributed by atoms with Crippen LogP contribution in [0, 0.1) is 11.8 Å². The van der Waals surface area contributed by atoms with E-state index in [2.05, 4.69) is 16.8 Å². The average Bonchev–Trinajstić information content (AvgIpc) is 2.18. The fourth-order valence-electron chi connectivity index (χ4n) is 0.787. The number of rotatable bonds is 0. The maximum atomic E-state index is 11.0. The quantitative estimate of drug-likeness (QED) is 0.610. The molecule has 0 amide bonds. The highest BCUT2D eigenvalue weighted by molar-refractivity contribution is 5.28. The van der Waals surface area contributed by atoms with Crippen LogP contribution in [0.2, 0.25) is 0 Å². The summed E-state index contributed by atoms with van der Waals surface area (Å²) in [7, 11) is 1.55. The zero-order valence-electron chi connectivity index (χ0n) is 8.84. The van der Waals surface area contributed by atoms with E-state index in [1.165, 1.54) is 10.8 Å². The molecule has 0 saturated carbocycles. The molecule has 0 atom stereocenters. The van der Waals surface area contributed by atoms with Crippen LogP contribution in [0.1, 0.15) is 26.3 Å².